The molecule has 0 aliphatic rings. The van der Waals surface area contributed by atoms with E-state index in [0.717, 1.165) is 11.1 Å². The second-order valence-corrected chi connectivity index (χ2v) is 5.84. The van der Waals surface area contributed by atoms with E-state index in [-0.39, 0.29) is 11.3 Å². The number of carbonyl (C=O) groups is 1. The summed E-state index contributed by atoms with van der Waals surface area (Å²) in [6.07, 6.45) is 1.49. The predicted octanol–water partition coefficient (Wildman–Crippen LogP) is 3.61. The van der Waals surface area contributed by atoms with Gasteiger partial charge in [0.05, 0.1) is 23.4 Å². The van der Waals surface area contributed by atoms with Crippen molar-refractivity contribution in [2.24, 2.45) is 5.10 Å². The Morgan fingerprint density at radius 2 is 1.79 bits per heavy atom. The fraction of sp³-hybridized carbons (Fsp3) is 0.0455. The molecular weight excluding hydrogens is 354 g/mol. The van der Waals surface area contributed by atoms with Gasteiger partial charge in [0.1, 0.15) is 18.1 Å². The largest absolute Gasteiger partial charge is 0.507 e. The van der Waals surface area contributed by atoms with Crippen LogP contribution in [0.1, 0.15) is 27.0 Å². The zero-order valence-corrected chi connectivity index (χ0v) is 14.9. The molecule has 0 spiro atoms. The number of hydrogen-bond donors (Lipinski definition) is 2. The highest BCUT2D eigenvalue weighted by Gasteiger charge is 2.08. The summed E-state index contributed by atoms with van der Waals surface area (Å²) in [5, 5.41) is 22.6. The van der Waals surface area contributed by atoms with Crippen molar-refractivity contribution in [1.29, 1.82) is 5.26 Å². The molecule has 0 bridgehead atoms. The third kappa shape index (κ3) is 4.74. The molecule has 6 nitrogen and oxygen atoms in total. The van der Waals surface area contributed by atoms with Crippen LogP contribution in [0.5, 0.6) is 11.5 Å². The van der Waals surface area contributed by atoms with Gasteiger partial charge in [-0.1, -0.05) is 30.3 Å². The van der Waals surface area contributed by atoms with Gasteiger partial charge >= 0.3 is 0 Å². The summed E-state index contributed by atoms with van der Waals surface area (Å²) < 4.78 is 5.71. The Hall–Kier alpha value is -4.11. The van der Waals surface area contributed by atoms with Crippen LogP contribution >= 0.6 is 0 Å². The van der Waals surface area contributed by atoms with Gasteiger partial charge in [-0.25, -0.2) is 5.43 Å². The summed E-state index contributed by atoms with van der Waals surface area (Å²) >= 11 is 0. The van der Waals surface area contributed by atoms with Crippen molar-refractivity contribution in [3.8, 4) is 17.6 Å². The molecule has 2 N–H and O–H groups in total. The van der Waals surface area contributed by atoms with Gasteiger partial charge < -0.3 is 9.84 Å². The normalized spacial score (nSPS) is 10.4. The molecule has 138 valence electrons. The van der Waals surface area contributed by atoms with E-state index in [1.165, 1.54) is 18.3 Å². The van der Waals surface area contributed by atoms with Crippen molar-refractivity contribution in [1.82, 2.24) is 5.43 Å². The number of nitrogens with zero attached hydrogens (tertiary/aromatic N) is 2. The Balaban J connectivity index is 1.56. The number of nitrogens with one attached hydrogen (secondary N) is 1. The van der Waals surface area contributed by atoms with Crippen molar-refractivity contribution in [2.75, 3.05) is 0 Å². The van der Waals surface area contributed by atoms with E-state index in [9.17, 15) is 9.90 Å². The van der Waals surface area contributed by atoms with E-state index in [1.807, 2.05) is 18.2 Å². The minimum Gasteiger partial charge on any atom is -0.507 e. The number of para-hydroxylation sites is 1. The molecule has 0 fully saturated rings. The zero-order valence-electron chi connectivity index (χ0n) is 14.9. The summed E-state index contributed by atoms with van der Waals surface area (Å²) in [5.41, 5.74) is 4.70. The van der Waals surface area contributed by atoms with Crippen LogP contribution in [0.2, 0.25) is 0 Å². The first-order chi connectivity index (χ1) is 13.7. The van der Waals surface area contributed by atoms with Crippen LogP contribution in [0.4, 0.5) is 0 Å². The number of phenolic OH excluding ortho intramolecular Hbond substituents is 1. The van der Waals surface area contributed by atoms with E-state index in [1.54, 1.807) is 42.5 Å². The first kappa shape index (κ1) is 18.7. The zero-order chi connectivity index (χ0) is 19.8. The predicted molar refractivity (Wildman–Crippen MR) is 105 cm³/mol. The quantitative estimate of drug-likeness (QED) is 0.511. The van der Waals surface area contributed by atoms with Crippen molar-refractivity contribution < 1.29 is 14.6 Å². The van der Waals surface area contributed by atoms with Gasteiger partial charge in [0.25, 0.3) is 5.91 Å². The van der Waals surface area contributed by atoms with Gasteiger partial charge in [0.15, 0.2) is 0 Å². The van der Waals surface area contributed by atoms with Crippen LogP contribution in [0.15, 0.2) is 77.9 Å². The second-order valence-electron chi connectivity index (χ2n) is 5.84. The van der Waals surface area contributed by atoms with Gasteiger partial charge in [-0.05, 0) is 48.0 Å². The van der Waals surface area contributed by atoms with Crippen molar-refractivity contribution in [2.45, 2.75) is 6.61 Å². The molecule has 0 aliphatic carbocycles. The van der Waals surface area contributed by atoms with Crippen LogP contribution in [0.25, 0.3) is 0 Å². The summed E-state index contributed by atoms with van der Waals surface area (Å²) in [6.45, 7) is 0.299. The van der Waals surface area contributed by atoms with E-state index in [2.05, 4.69) is 16.6 Å². The summed E-state index contributed by atoms with van der Waals surface area (Å²) in [6, 6.07) is 22.8. The smallest absolute Gasteiger partial charge is 0.275 e. The number of rotatable bonds is 6. The third-order valence-electron chi connectivity index (χ3n) is 3.94. The molecule has 0 saturated heterocycles. The summed E-state index contributed by atoms with van der Waals surface area (Å²) in [5.74, 6) is 0.0586. The standard InChI is InChI=1S/C22H17N3O3/c23-13-17-5-1-2-6-18(17)15-28-19-11-9-16(10-12-19)14-24-25-22(27)20-7-3-4-8-21(20)26/h1-12,14,26H,15H2,(H,25,27)/b24-14-. The topological polar surface area (TPSA) is 94.7 Å². The Morgan fingerprint density at radius 3 is 2.54 bits per heavy atom. The molecule has 0 saturated carbocycles. The summed E-state index contributed by atoms with van der Waals surface area (Å²) in [7, 11) is 0. The summed E-state index contributed by atoms with van der Waals surface area (Å²) in [4.78, 5) is 12.0. The van der Waals surface area contributed by atoms with Crippen LogP contribution in [-0.2, 0) is 6.61 Å². The third-order valence-corrected chi connectivity index (χ3v) is 3.94. The maximum atomic E-state index is 12.0. The molecule has 0 radical (unpaired) electrons. The highest BCUT2D eigenvalue weighted by Crippen LogP contribution is 2.16. The minimum atomic E-state index is -0.495. The Bertz CT molecular complexity index is 1040. The lowest BCUT2D eigenvalue weighted by molar-refractivity contribution is 0.0952. The maximum Gasteiger partial charge on any atom is 0.275 e. The molecular formula is C22H17N3O3. The Labute approximate surface area is 162 Å². The molecule has 1 amide bonds. The Kier molecular flexibility index (Phi) is 6.01. The number of carbonyl (C=O) groups excluding carboxylic acids is 1. The number of benzene rings is 3. The van der Waals surface area contributed by atoms with Crippen molar-refractivity contribution in [3.63, 3.8) is 0 Å². The first-order valence-corrected chi connectivity index (χ1v) is 8.49. The maximum absolute atomic E-state index is 12.0. The van der Waals surface area contributed by atoms with Gasteiger partial charge in [0, 0.05) is 5.56 Å². The lowest BCUT2D eigenvalue weighted by Crippen LogP contribution is -2.17. The van der Waals surface area contributed by atoms with Crippen LogP contribution in [-0.4, -0.2) is 17.2 Å². The van der Waals surface area contributed by atoms with Crippen LogP contribution in [0.3, 0.4) is 0 Å². The van der Waals surface area contributed by atoms with E-state index < -0.39 is 5.91 Å². The van der Waals surface area contributed by atoms with Gasteiger partial charge in [-0.3, -0.25) is 4.79 Å². The molecule has 0 aromatic heterocycles. The molecule has 0 heterocycles. The first-order valence-electron chi connectivity index (χ1n) is 8.49. The van der Waals surface area contributed by atoms with Gasteiger partial charge in [-0.2, -0.15) is 10.4 Å². The lowest BCUT2D eigenvalue weighted by Gasteiger charge is -2.07. The molecule has 28 heavy (non-hydrogen) atoms. The number of aromatic hydroxyl groups is 1. The van der Waals surface area contributed by atoms with E-state index in [0.29, 0.717) is 17.9 Å². The molecule has 0 aliphatic heterocycles. The molecule has 0 unspecified atom stereocenters. The molecule has 3 rings (SSSR count). The number of phenols is 1. The molecule has 6 heteroatoms. The second kappa shape index (κ2) is 9.01. The number of ether oxygens (including phenoxy) is 1. The number of amides is 1. The monoisotopic (exact) mass is 371 g/mol. The highest BCUT2D eigenvalue weighted by atomic mass is 16.5. The number of nitriles is 1. The number of hydrogen-bond acceptors (Lipinski definition) is 5. The van der Waals surface area contributed by atoms with Gasteiger partial charge in [0.2, 0.25) is 0 Å². The average Bonchev–Trinajstić information content (AvgIpc) is 2.73. The van der Waals surface area contributed by atoms with Crippen molar-refractivity contribution in [3.05, 3.63) is 95.1 Å². The lowest BCUT2D eigenvalue weighted by atomic mass is 10.1. The SMILES string of the molecule is N#Cc1ccccc1COc1ccc(/C=N\NC(=O)c2ccccc2O)cc1. The average molecular weight is 371 g/mol. The fourth-order valence-electron chi connectivity index (χ4n) is 2.46. The van der Waals surface area contributed by atoms with Crippen LogP contribution in [0, 0.1) is 11.3 Å². The highest BCUT2D eigenvalue weighted by molar-refractivity contribution is 5.97. The fourth-order valence-corrected chi connectivity index (χ4v) is 2.46. The van der Waals surface area contributed by atoms with Crippen LogP contribution < -0.4 is 10.2 Å². The minimum absolute atomic E-state index is 0.102. The molecule has 3 aromatic carbocycles. The van der Waals surface area contributed by atoms with E-state index in [4.69, 9.17) is 10.00 Å². The Morgan fingerprint density at radius 1 is 1.07 bits per heavy atom. The molecule has 3 aromatic rings. The number of hydrazone groups is 1. The van der Waals surface area contributed by atoms with E-state index >= 15 is 0 Å². The van der Waals surface area contributed by atoms with Crippen molar-refractivity contribution >= 4 is 12.1 Å². The van der Waals surface area contributed by atoms with Gasteiger partial charge in [-0.15, -0.1) is 0 Å². The molecule has 0 atom stereocenters.